The van der Waals surface area contributed by atoms with Gasteiger partial charge in [0.25, 0.3) is 0 Å². The summed E-state index contributed by atoms with van der Waals surface area (Å²) in [5.74, 6) is 0.878. The standard InChI is InChI=1S/C16H14Br2N2O/c1-20-14-5-3-2-4-13(14)19-16(20)9-15(21)10-6-7-11(17)12(18)8-10/h2-8,15,21H,9H2,1H3. The Labute approximate surface area is 139 Å². The molecule has 5 heteroatoms. The van der Waals surface area contributed by atoms with Crippen molar-refractivity contribution < 1.29 is 5.11 Å². The summed E-state index contributed by atoms with van der Waals surface area (Å²) in [6.45, 7) is 0. The largest absolute Gasteiger partial charge is 0.388 e. The molecule has 3 rings (SSSR count). The third kappa shape index (κ3) is 2.91. The van der Waals surface area contributed by atoms with Crippen LogP contribution in [-0.4, -0.2) is 14.7 Å². The van der Waals surface area contributed by atoms with Gasteiger partial charge in [0.2, 0.25) is 0 Å². The Morgan fingerprint density at radius 3 is 2.62 bits per heavy atom. The van der Waals surface area contributed by atoms with Crippen LogP contribution >= 0.6 is 31.9 Å². The minimum absolute atomic E-state index is 0.485. The van der Waals surface area contributed by atoms with E-state index in [1.54, 1.807) is 0 Å². The molecule has 0 bridgehead atoms. The van der Waals surface area contributed by atoms with Gasteiger partial charge in [0.05, 0.1) is 17.1 Å². The monoisotopic (exact) mass is 408 g/mol. The molecule has 0 radical (unpaired) electrons. The number of aliphatic hydroxyl groups is 1. The van der Waals surface area contributed by atoms with Crippen molar-refractivity contribution in [1.82, 2.24) is 9.55 Å². The summed E-state index contributed by atoms with van der Waals surface area (Å²) < 4.78 is 3.94. The lowest BCUT2D eigenvalue weighted by atomic mass is 10.1. The molecular formula is C16H14Br2N2O. The average molecular weight is 410 g/mol. The maximum absolute atomic E-state index is 10.4. The summed E-state index contributed by atoms with van der Waals surface area (Å²) in [5, 5.41) is 10.4. The predicted octanol–water partition coefficient (Wildman–Crippen LogP) is 4.37. The number of imidazole rings is 1. The summed E-state index contributed by atoms with van der Waals surface area (Å²) in [7, 11) is 1.98. The smallest absolute Gasteiger partial charge is 0.112 e. The van der Waals surface area contributed by atoms with E-state index in [9.17, 15) is 5.11 Å². The Hall–Kier alpha value is -1.17. The van der Waals surface area contributed by atoms with Crippen LogP contribution in [0.2, 0.25) is 0 Å². The van der Waals surface area contributed by atoms with E-state index in [1.165, 1.54) is 0 Å². The molecular weight excluding hydrogens is 396 g/mol. The third-order valence-electron chi connectivity index (χ3n) is 3.58. The summed E-state index contributed by atoms with van der Waals surface area (Å²) in [6.07, 6.45) is -0.0934. The highest BCUT2D eigenvalue weighted by molar-refractivity contribution is 9.13. The van der Waals surface area contributed by atoms with Crippen molar-refractivity contribution in [3.63, 3.8) is 0 Å². The van der Waals surface area contributed by atoms with Gasteiger partial charge in [-0.15, -0.1) is 0 Å². The zero-order chi connectivity index (χ0) is 15.0. The Balaban J connectivity index is 1.90. The summed E-state index contributed by atoms with van der Waals surface area (Å²) in [6, 6.07) is 13.8. The second-order valence-electron chi connectivity index (χ2n) is 4.97. The van der Waals surface area contributed by atoms with E-state index in [-0.39, 0.29) is 0 Å². The number of para-hydroxylation sites is 2. The van der Waals surface area contributed by atoms with Crippen LogP contribution < -0.4 is 0 Å². The second kappa shape index (κ2) is 5.91. The Kier molecular flexibility index (Phi) is 4.15. The molecule has 0 aliphatic rings. The molecule has 2 aromatic carbocycles. The van der Waals surface area contributed by atoms with Gasteiger partial charge in [0.1, 0.15) is 5.82 Å². The minimum Gasteiger partial charge on any atom is -0.388 e. The van der Waals surface area contributed by atoms with Gasteiger partial charge < -0.3 is 9.67 Å². The first kappa shape index (κ1) is 14.8. The van der Waals surface area contributed by atoms with E-state index in [0.29, 0.717) is 6.42 Å². The first-order valence-electron chi connectivity index (χ1n) is 6.59. The van der Waals surface area contributed by atoms with Crippen molar-refractivity contribution in [2.75, 3.05) is 0 Å². The van der Waals surface area contributed by atoms with E-state index in [1.807, 2.05) is 54.1 Å². The van der Waals surface area contributed by atoms with Crippen molar-refractivity contribution in [3.8, 4) is 0 Å². The highest BCUT2D eigenvalue weighted by atomic mass is 79.9. The molecule has 1 atom stereocenters. The molecule has 0 aliphatic heterocycles. The lowest BCUT2D eigenvalue weighted by Crippen LogP contribution is -2.07. The number of rotatable bonds is 3. The van der Waals surface area contributed by atoms with Gasteiger partial charge >= 0.3 is 0 Å². The molecule has 1 N–H and O–H groups in total. The van der Waals surface area contributed by atoms with E-state index < -0.39 is 6.10 Å². The summed E-state index contributed by atoms with van der Waals surface area (Å²) in [5.41, 5.74) is 2.91. The number of fused-ring (bicyclic) bond motifs is 1. The van der Waals surface area contributed by atoms with E-state index >= 15 is 0 Å². The number of aliphatic hydroxyl groups excluding tert-OH is 1. The maximum atomic E-state index is 10.4. The maximum Gasteiger partial charge on any atom is 0.112 e. The lowest BCUT2D eigenvalue weighted by molar-refractivity contribution is 0.175. The number of nitrogens with zero attached hydrogens (tertiary/aromatic N) is 2. The molecule has 1 unspecified atom stereocenters. The highest BCUT2D eigenvalue weighted by Gasteiger charge is 2.15. The molecule has 3 aromatic rings. The van der Waals surface area contributed by atoms with Gasteiger partial charge in [-0.25, -0.2) is 4.98 Å². The fraction of sp³-hybridized carbons (Fsp3) is 0.188. The average Bonchev–Trinajstić information content (AvgIpc) is 2.79. The van der Waals surface area contributed by atoms with Gasteiger partial charge in [-0.2, -0.15) is 0 Å². The van der Waals surface area contributed by atoms with Crippen LogP contribution in [0, 0.1) is 0 Å². The number of hydrogen-bond donors (Lipinski definition) is 1. The van der Waals surface area contributed by atoms with Gasteiger partial charge in [-0.1, -0.05) is 18.2 Å². The molecule has 21 heavy (non-hydrogen) atoms. The first-order valence-corrected chi connectivity index (χ1v) is 8.18. The molecule has 0 aliphatic carbocycles. The van der Waals surface area contributed by atoms with Crippen molar-refractivity contribution >= 4 is 42.9 Å². The third-order valence-corrected chi connectivity index (χ3v) is 5.46. The van der Waals surface area contributed by atoms with Crippen LogP contribution in [0.15, 0.2) is 51.4 Å². The van der Waals surface area contributed by atoms with Crippen LogP contribution in [0.25, 0.3) is 11.0 Å². The van der Waals surface area contributed by atoms with Crippen molar-refractivity contribution in [2.24, 2.45) is 7.05 Å². The number of hydrogen-bond acceptors (Lipinski definition) is 2. The van der Waals surface area contributed by atoms with Gasteiger partial charge in [-0.3, -0.25) is 0 Å². The van der Waals surface area contributed by atoms with Crippen LogP contribution in [0.1, 0.15) is 17.5 Å². The molecule has 1 aromatic heterocycles. The quantitative estimate of drug-likeness (QED) is 0.697. The van der Waals surface area contributed by atoms with Crippen LogP contribution in [0.5, 0.6) is 0 Å². The number of aryl methyl sites for hydroxylation is 1. The topological polar surface area (TPSA) is 38.0 Å². The molecule has 1 heterocycles. The lowest BCUT2D eigenvalue weighted by Gasteiger charge is -2.12. The van der Waals surface area contributed by atoms with E-state index in [2.05, 4.69) is 36.8 Å². The first-order chi connectivity index (χ1) is 10.1. The zero-order valence-electron chi connectivity index (χ0n) is 11.4. The number of benzene rings is 2. The van der Waals surface area contributed by atoms with Crippen LogP contribution in [-0.2, 0) is 13.5 Å². The van der Waals surface area contributed by atoms with E-state index in [4.69, 9.17) is 0 Å². The molecule has 0 amide bonds. The SMILES string of the molecule is Cn1c(CC(O)c2ccc(Br)c(Br)c2)nc2ccccc21. The Morgan fingerprint density at radius 1 is 1.14 bits per heavy atom. The molecule has 3 nitrogen and oxygen atoms in total. The molecule has 0 saturated heterocycles. The molecule has 0 spiro atoms. The van der Waals surface area contributed by atoms with Crippen molar-refractivity contribution in [2.45, 2.75) is 12.5 Å². The number of halogens is 2. The molecule has 108 valence electrons. The highest BCUT2D eigenvalue weighted by Crippen LogP contribution is 2.28. The van der Waals surface area contributed by atoms with Gasteiger partial charge in [0, 0.05) is 22.4 Å². The van der Waals surface area contributed by atoms with Crippen molar-refractivity contribution in [3.05, 3.63) is 62.8 Å². The molecule has 0 fully saturated rings. The van der Waals surface area contributed by atoms with Crippen LogP contribution in [0.3, 0.4) is 0 Å². The van der Waals surface area contributed by atoms with E-state index in [0.717, 1.165) is 31.4 Å². The van der Waals surface area contributed by atoms with Gasteiger partial charge in [-0.05, 0) is 61.7 Å². The molecule has 0 saturated carbocycles. The summed E-state index contributed by atoms with van der Waals surface area (Å²) >= 11 is 6.90. The number of aromatic nitrogens is 2. The predicted molar refractivity (Wildman–Crippen MR) is 91.2 cm³/mol. The Morgan fingerprint density at radius 2 is 1.90 bits per heavy atom. The zero-order valence-corrected chi connectivity index (χ0v) is 14.6. The van der Waals surface area contributed by atoms with Crippen molar-refractivity contribution in [1.29, 1.82) is 0 Å². The normalized spacial score (nSPS) is 12.8. The minimum atomic E-state index is -0.579. The fourth-order valence-electron chi connectivity index (χ4n) is 2.39. The summed E-state index contributed by atoms with van der Waals surface area (Å²) in [4.78, 5) is 4.60. The Bertz CT molecular complexity index is 798. The fourth-order valence-corrected chi connectivity index (χ4v) is 3.03. The van der Waals surface area contributed by atoms with Crippen LogP contribution in [0.4, 0.5) is 0 Å². The van der Waals surface area contributed by atoms with Gasteiger partial charge in [0.15, 0.2) is 0 Å². The second-order valence-corrected chi connectivity index (χ2v) is 6.68.